The van der Waals surface area contributed by atoms with E-state index in [1.54, 1.807) is 24.3 Å². The van der Waals surface area contributed by atoms with E-state index in [0.29, 0.717) is 11.4 Å². The Labute approximate surface area is 86.3 Å². The van der Waals surface area contributed by atoms with Crippen LogP contribution < -0.4 is 0 Å². The van der Waals surface area contributed by atoms with Crippen molar-refractivity contribution < 1.29 is 15.0 Å². The average Bonchev–Trinajstić information content (AvgIpc) is 2.14. The van der Waals surface area contributed by atoms with Crippen LogP contribution in [0.4, 0.5) is 0 Å². The second kappa shape index (κ2) is 4.67. The number of carboxylic acid groups (broad SMARTS) is 1. The molecule has 0 heterocycles. The normalized spacial score (nSPS) is 11.4. The first kappa shape index (κ1) is 10.6. The van der Waals surface area contributed by atoms with Crippen molar-refractivity contribution in [2.45, 2.75) is 6.42 Å². The number of aliphatic hydroxyl groups excluding tert-OH is 1. The van der Waals surface area contributed by atoms with Crippen molar-refractivity contribution >= 4 is 17.6 Å². The van der Waals surface area contributed by atoms with Gasteiger partial charge in [-0.05, 0) is 30.2 Å². The molecule has 0 fully saturated rings. The molecule has 0 spiro atoms. The van der Waals surface area contributed by atoms with Gasteiger partial charge in [-0.15, -0.1) is 0 Å². The van der Waals surface area contributed by atoms with Crippen LogP contribution >= 0.6 is 11.6 Å². The zero-order valence-corrected chi connectivity index (χ0v) is 8.03. The second-order valence-corrected chi connectivity index (χ2v) is 3.16. The minimum Gasteiger partial charge on any atom is -0.502 e. The molecule has 0 amide bonds. The Kier molecular flexibility index (Phi) is 3.54. The highest BCUT2D eigenvalue weighted by atomic mass is 35.5. The van der Waals surface area contributed by atoms with Crippen molar-refractivity contribution in [3.05, 3.63) is 46.7 Å². The summed E-state index contributed by atoms with van der Waals surface area (Å²) in [4.78, 5) is 10.2. The topological polar surface area (TPSA) is 57.5 Å². The zero-order valence-electron chi connectivity index (χ0n) is 7.27. The van der Waals surface area contributed by atoms with Crippen molar-refractivity contribution in [1.82, 2.24) is 0 Å². The molecule has 1 rings (SSSR count). The first-order chi connectivity index (χ1) is 6.59. The lowest BCUT2D eigenvalue weighted by molar-refractivity contribution is -0.135. The number of carboxylic acids is 1. The fraction of sp³-hybridized carbons (Fsp3) is 0.100. The summed E-state index contributed by atoms with van der Waals surface area (Å²) in [5, 5.41) is 17.8. The molecule has 0 aromatic heterocycles. The lowest BCUT2D eigenvalue weighted by atomic mass is 10.1. The fourth-order valence-electron chi connectivity index (χ4n) is 0.966. The smallest absolute Gasteiger partial charge is 0.370 e. The number of carbonyl (C=O) groups is 1. The van der Waals surface area contributed by atoms with E-state index < -0.39 is 11.7 Å². The molecule has 74 valence electrons. The first-order valence-corrected chi connectivity index (χ1v) is 4.34. The van der Waals surface area contributed by atoms with E-state index in [2.05, 4.69) is 0 Å². The molecule has 2 N–H and O–H groups in total. The molecular weight excluding hydrogens is 204 g/mol. The maximum absolute atomic E-state index is 10.2. The van der Waals surface area contributed by atoms with E-state index in [1.165, 1.54) is 6.08 Å². The van der Waals surface area contributed by atoms with E-state index in [4.69, 9.17) is 21.8 Å². The maximum atomic E-state index is 10.2. The number of hydrogen-bond donors (Lipinski definition) is 2. The van der Waals surface area contributed by atoms with Gasteiger partial charge in [-0.1, -0.05) is 23.7 Å². The van der Waals surface area contributed by atoms with Gasteiger partial charge in [0.1, 0.15) is 0 Å². The summed E-state index contributed by atoms with van der Waals surface area (Å²) >= 11 is 5.72. The fourth-order valence-corrected chi connectivity index (χ4v) is 1.18. The van der Waals surface area contributed by atoms with E-state index in [0.717, 1.165) is 5.56 Å². The van der Waals surface area contributed by atoms with Gasteiger partial charge in [-0.2, -0.15) is 0 Å². The highest BCUT2D eigenvalue weighted by molar-refractivity contribution is 6.30. The summed E-state index contributed by atoms with van der Waals surface area (Å²) in [5.41, 5.74) is 0.852. The predicted molar refractivity (Wildman–Crippen MR) is 53.5 cm³/mol. The van der Waals surface area contributed by atoms with Crippen molar-refractivity contribution in [3.63, 3.8) is 0 Å². The van der Waals surface area contributed by atoms with E-state index >= 15 is 0 Å². The van der Waals surface area contributed by atoms with Gasteiger partial charge in [-0.25, -0.2) is 4.79 Å². The molecule has 0 saturated heterocycles. The molecule has 0 aliphatic carbocycles. The van der Waals surface area contributed by atoms with Gasteiger partial charge in [0.25, 0.3) is 0 Å². The average molecular weight is 213 g/mol. The SMILES string of the molecule is O=C(O)/C(O)=C/Cc1cccc(Cl)c1. The number of allylic oxidation sites excluding steroid dienone is 1. The summed E-state index contributed by atoms with van der Waals surface area (Å²) in [5.74, 6) is -1.97. The van der Waals surface area contributed by atoms with Gasteiger partial charge in [-0.3, -0.25) is 0 Å². The van der Waals surface area contributed by atoms with Crippen LogP contribution in [0.3, 0.4) is 0 Å². The summed E-state index contributed by atoms with van der Waals surface area (Å²) in [6, 6.07) is 7.01. The molecule has 3 nitrogen and oxygen atoms in total. The van der Waals surface area contributed by atoms with Crippen LogP contribution in [-0.4, -0.2) is 16.2 Å². The van der Waals surface area contributed by atoms with Crippen molar-refractivity contribution in [1.29, 1.82) is 0 Å². The Morgan fingerprint density at radius 3 is 2.71 bits per heavy atom. The Bertz CT molecular complexity index is 371. The molecule has 0 aliphatic heterocycles. The number of hydrogen-bond acceptors (Lipinski definition) is 2. The van der Waals surface area contributed by atoms with E-state index in [1.807, 2.05) is 0 Å². The summed E-state index contributed by atoms with van der Waals surface area (Å²) in [6.07, 6.45) is 1.58. The van der Waals surface area contributed by atoms with Crippen LogP contribution in [0.15, 0.2) is 36.1 Å². The van der Waals surface area contributed by atoms with Crippen LogP contribution in [0.2, 0.25) is 5.02 Å². The number of rotatable bonds is 3. The maximum Gasteiger partial charge on any atom is 0.370 e. The lowest BCUT2D eigenvalue weighted by Crippen LogP contribution is -1.99. The highest BCUT2D eigenvalue weighted by Gasteiger charge is 2.02. The standard InChI is InChI=1S/C10H9ClO3/c11-8-3-1-2-7(6-8)4-5-9(12)10(13)14/h1-3,5-6,12H,4H2,(H,13,14)/b9-5-. The van der Waals surface area contributed by atoms with Crippen molar-refractivity contribution in [2.75, 3.05) is 0 Å². The molecular formula is C10H9ClO3. The largest absolute Gasteiger partial charge is 0.502 e. The number of halogens is 1. The molecule has 0 saturated carbocycles. The van der Waals surface area contributed by atoms with Gasteiger partial charge < -0.3 is 10.2 Å². The summed E-state index contributed by atoms with van der Waals surface area (Å²) in [6.45, 7) is 0. The Morgan fingerprint density at radius 1 is 1.43 bits per heavy atom. The van der Waals surface area contributed by atoms with Gasteiger partial charge in [0.15, 0.2) is 5.76 Å². The van der Waals surface area contributed by atoms with E-state index in [-0.39, 0.29) is 0 Å². The van der Waals surface area contributed by atoms with Crippen molar-refractivity contribution in [2.24, 2.45) is 0 Å². The third-order valence-corrected chi connectivity index (χ3v) is 1.87. The molecule has 4 heteroatoms. The second-order valence-electron chi connectivity index (χ2n) is 2.73. The Hall–Kier alpha value is -1.48. The van der Waals surface area contributed by atoms with Gasteiger partial charge in [0.2, 0.25) is 0 Å². The minimum absolute atomic E-state index is 0.346. The third-order valence-electron chi connectivity index (χ3n) is 1.64. The predicted octanol–water partition coefficient (Wildman–Crippen LogP) is 2.41. The van der Waals surface area contributed by atoms with Crippen molar-refractivity contribution in [3.8, 4) is 0 Å². The molecule has 0 unspecified atom stereocenters. The molecule has 0 bridgehead atoms. The van der Waals surface area contributed by atoms with Crippen LogP contribution in [-0.2, 0) is 11.2 Å². The van der Waals surface area contributed by atoms with Gasteiger partial charge in [0, 0.05) is 5.02 Å². The molecule has 1 aromatic rings. The molecule has 0 atom stereocenters. The highest BCUT2D eigenvalue weighted by Crippen LogP contribution is 2.11. The van der Waals surface area contributed by atoms with Gasteiger partial charge >= 0.3 is 5.97 Å². The Morgan fingerprint density at radius 2 is 2.14 bits per heavy atom. The molecule has 1 aromatic carbocycles. The summed E-state index contributed by atoms with van der Waals surface area (Å²) in [7, 11) is 0. The van der Waals surface area contributed by atoms with Crippen LogP contribution in [0.25, 0.3) is 0 Å². The molecule has 0 aliphatic rings. The summed E-state index contributed by atoms with van der Waals surface area (Å²) < 4.78 is 0. The van der Waals surface area contributed by atoms with Crippen LogP contribution in [0.1, 0.15) is 5.56 Å². The Balaban J connectivity index is 2.71. The lowest BCUT2D eigenvalue weighted by Gasteiger charge is -1.97. The number of aliphatic carboxylic acids is 1. The quantitative estimate of drug-likeness (QED) is 0.598. The van der Waals surface area contributed by atoms with Gasteiger partial charge in [0.05, 0.1) is 0 Å². The zero-order chi connectivity index (χ0) is 10.6. The molecule has 0 radical (unpaired) electrons. The van der Waals surface area contributed by atoms with E-state index in [9.17, 15) is 4.79 Å². The number of benzene rings is 1. The minimum atomic E-state index is -1.33. The molecule has 14 heavy (non-hydrogen) atoms. The monoisotopic (exact) mass is 212 g/mol. The van der Waals surface area contributed by atoms with Crippen LogP contribution in [0.5, 0.6) is 0 Å². The first-order valence-electron chi connectivity index (χ1n) is 3.96. The third kappa shape index (κ3) is 3.11. The van der Waals surface area contributed by atoms with Crippen LogP contribution in [0, 0.1) is 0 Å². The number of aliphatic hydroxyl groups is 1.